The normalized spacial score (nSPS) is 11.3. The molecule has 7 aromatic rings. The van der Waals surface area contributed by atoms with E-state index >= 15 is 0 Å². The summed E-state index contributed by atoms with van der Waals surface area (Å²) in [7, 11) is 0. The molecule has 0 aliphatic carbocycles. The lowest BCUT2D eigenvalue weighted by Crippen LogP contribution is -2.31. The van der Waals surface area contributed by atoms with Gasteiger partial charge in [0.15, 0.2) is 0 Å². The molecule has 36 heavy (non-hydrogen) atoms. The summed E-state index contributed by atoms with van der Waals surface area (Å²) in [5.41, 5.74) is 5.27. The van der Waals surface area contributed by atoms with Crippen molar-refractivity contribution in [2.45, 2.75) is 0 Å². The molecule has 0 spiro atoms. The average Bonchev–Trinajstić information content (AvgIpc) is 3.55. The maximum atomic E-state index is 4.83. The van der Waals surface area contributed by atoms with Crippen LogP contribution in [0.3, 0.4) is 0 Å². The number of aromatic nitrogens is 6. The second-order valence-corrected chi connectivity index (χ2v) is 8.54. The number of nitrogens with zero attached hydrogens (tertiary/aromatic N) is 6. The molecular weight excluding hydrogens is 444 g/mol. The van der Waals surface area contributed by atoms with Crippen molar-refractivity contribution in [1.29, 1.82) is 0 Å². The van der Waals surface area contributed by atoms with Gasteiger partial charge < -0.3 is 4.57 Å². The van der Waals surface area contributed by atoms with E-state index in [1.54, 1.807) is 17.1 Å². The highest BCUT2D eigenvalue weighted by Gasteiger charge is 2.23. The highest BCUT2D eigenvalue weighted by Crippen LogP contribution is 2.31. The minimum atomic E-state index is 0.742. The first kappa shape index (κ1) is 20.3. The van der Waals surface area contributed by atoms with Gasteiger partial charge in [0.1, 0.15) is 11.4 Å². The molecule has 0 aliphatic rings. The summed E-state index contributed by atoms with van der Waals surface area (Å²) in [6.45, 7) is 0. The lowest BCUT2D eigenvalue weighted by atomic mass is 10.2. The predicted molar refractivity (Wildman–Crippen MR) is 140 cm³/mol. The summed E-state index contributed by atoms with van der Waals surface area (Å²) in [4.78, 5) is 9.01. The summed E-state index contributed by atoms with van der Waals surface area (Å²) in [5.74, 6) is 1.49. The second-order valence-electron chi connectivity index (χ2n) is 8.54. The minimum absolute atomic E-state index is 0.742. The van der Waals surface area contributed by atoms with Crippen LogP contribution in [0.25, 0.3) is 50.5 Å². The molecule has 0 unspecified atom stereocenters. The molecule has 6 nitrogen and oxygen atoms in total. The van der Waals surface area contributed by atoms with Crippen molar-refractivity contribution in [3.8, 4) is 28.7 Å². The van der Waals surface area contributed by atoms with Crippen LogP contribution in [0.15, 0.2) is 128 Å². The quantitative estimate of drug-likeness (QED) is 0.313. The van der Waals surface area contributed by atoms with E-state index in [0.29, 0.717) is 0 Å². The first-order valence-corrected chi connectivity index (χ1v) is 11.8. The monoisotopic (exact) mass is 465 g/mol. The first-order valence-electron chi connectivity index (χ1n) is 11.8. The van der Waals surface area contributed by atoms with Crippen LogP contribution >= 0.6 is 0 Å². The number of benzene rings is 3. The molecule has 0 atom stereocenters. The average molecular weight is 466 g/mol. The summed E-state index contributed by atoms with van der Waals surface area (Å²) < 4.78 is 6.15. The van der Waals surface area contributed by atoms with Crippen molar-refractivity contribution in [3.05, 3.63) is 128 Å². The third-order valence-electron chi connectivity index (χ3n) is 6.40. The lowest BCUT2D eigenvalue weighted by molar-refractivity contribution is -0.584. The van der Waals surface area contributed by atoms with E-state index < -0.39 is 0 Å². The van der Waals surface area contributed by atoms with E-state index in [-0.39, 0.29) is 0 Å². The summed E-state index contributed by atoms with van der Waals surface area (Å²) in [6, 6.07) is 37.3. The van der Waals surface area contributed by atoms with Gasteiger partial charge in [0, 0.05) is 34.9 Å². The van der Waals surface area contributed by atoms with Crippen LogP contribution in [0.5, 0.6) is 0 Å². The van der Waals surface area contributed by atoms with Crippen molar-refractivity contribution < 1.29 is 4.57 Å². The van der Waals surface area contributed by atoms with Crippen LogP contribution in [-0.4, -0.2) is 24.3 Å². The van der Waals surface area contributed by atoms with Crippen LogP contribution in [0.2, 0.25) is 0 Å². The van der Waals surface area contributed by atoms with Gasteiger partial charge in [-0.2, -0.15) is 4.57 Å². The van der Waals surface area contributed by atoms with Gasteiger partial charge in [-0.25, -0.2) is 9.97 Å². The molecule has 4 heterocycles. The summed E-state index contributed by atoms with van der Waals surface area (Å²) in [5, 5.41) is 7.33. The molecule has 0 saturated heterocycles. The molecule has 0 radical (unpaired) electrons. The Morgan fingerprint density at radius 1 is 0.583 bits per heavy atom. The third kappa shape index (κ3) is 3.27. The van der Waals surface area contributed by atoms with E-state index in [1.807, 2.05) is 47.3 Å². The molecule has 7 rings (SSSR count). The molecule has 4 aromatic heterocycles. The van der Waals surface area contributed by atoms with Gasteiger partial charge in [0.05, 0.1) is 16.1 Å². The van der Waals surface area contributed by atoms with Gasteiger partial charge in [-0.3, -0.25) is 0 Å². The Balaban J connectivity index is 1.38. The van der Waals surface area contributed by atoms with Crippen LogP contribution in [-0.2, 0) is 0 Å². The van der Waals surface area contributed by atoms with Gasteiger partial charge in [0.25, 0.3) is 0 Å². The number of fused-ring (bicyclic) bond motifs is 3. The number of hydrogen-bond donors (Lipinski definition) is 0. The molecule has 170 valence electrons. The zero-order valence-corrected chi connectivity index (χ0v) is 19.3. The van der Waals surface area contributed by atoms with Crippen molar-refractivity contribution >= 4 is 21.8 Å². The van der Waals surface area contributed by atoms with E-state index in [4.69, 9.17) is 5.10 Å². The maximum Gasteiger partial charge on any atom is 0.332 e. The minimum Gasteiger partial charge on any atom is -0.309 e. The van der Waals surface area contributed by atoms with Crippen LogP contribution in [0.4, 0.5) is 0 Å². The molecule has 0 saturated carbocycles. The van der Waals surface area contributed by atoms with Crippen LogP contribution < -0.4 is 4.57 Å². The molecule has 0 N–H and O–H groups in total. The smallest absolute Gasteiger partial charge is 0.309 e. The number of rotatable bonds is 4. The number of para-hydroxylation sites is 2. The molecule has 6 heteroatoms. The Morgan fingerprint density at radius 3 is 1.86 bits per heavy atom. The number of hydrogen-bond acceptors (Lipinski definition) is 3. The fourth-order valence-corrected chi connectivity index (χ4v) is 4.76. The van der Waals surface area contributed by atoms with Gasteiger partial charge in [0.2, 0.25) is 12.1 Å². The lowest BCUT2D eigenvalue weighted by Gasteiger charge is -2.08. The van der Waals surface area contributed by atoms with E-state index in [9.17, 15) is 0 Å². The third-order valence-corrected chi connectivity index (χ3v) is 6.40. The molecule has 3 aromatic carbocycles. The second kappa shape index (κ2) is 8.29. The SMILES string of the molecule is c1ccc(-c2nn(-c3ccccn3)c[n+]2-c2ccc(-n3c4ccccc4c4ccccc43)cc2)nc1. The first-order chi connectivity index (χ1) is 17.9. The van der Waals surface area contributed by atoms with E-state index in [0.717, 1.165) is 28.7 Å². The Labute approximate surface area is 207 Å². The zero-order valence-electron chi connectivity index (χ0n) is 19.3. The van der Waals surface area contributed by atoms with Gasteiger partial charge in [-0.1, -0.05) is 53.2 Å². The van der Waals surface area contributed by atoms with Gasteiger partial charge >= 0.3 is 5.82 Å². The van der Waals surface area contributed by atoms with E-state index in [1.165, 1.54) is 21.8 Å². The van der Waals surface area contributed by atoms with Crippen molar-refractivity contribution in [1.82, 2.24) is 24.3 Å². The summed E-state index contributed by atoms with van der Waals surface area (Å²) in [6.07, 6.45) is 5.49. The van der Waals surface area contributed by atoms with Gasteiger partial charge in [-0.15, -0.1) is 0 Å². The predicted octanol–water partition coefficient (Wildman–Crippen LogP) is 5.70. The number of pyridine rings is 2. The zero-order chi connectivity index (χ0) is 23.9. The Kier molecular flexibility index (Phi) is 4.67. The Bertz CT molecular complexity index is 1760. The van der Waals surface area contributed by atoms with Gasteiger partial charge in [-0.05, 0) is 54.6 Å². The molecular formula is C30H21N6+. The standard InChI is InChI=1S/C30H21N6/c1-3-12-27-24(9-1)25-10-2-4-13-28(25)36(27)23-17-15-22(16-18-23)34-21-35(29-14-6-8-20-32-29)33-30(34)26-11-5-7-19-31-26/h1-21H/q+1. The Hall–Kier alpha value is -5.10. The van der Waals surface area contributed by atoms with Crippen molar-refractivity contribution in [2.24, 2.45) is 0 Å². The topological polar surface area (TPSA) is 52.4 Å². The fourth-order valence-electron chi connectivity index (χ4n) is 4.76. The molecule has 0 aliphatic heterocycles. The molecule has 0 amide bonds. The highest BCUT2D eigenvalue weighted by atomic mass is 15.4. The van der Waals surface area contributed by atoms with Crippen molar-refractivity contribution in [2.75, 3.05) is 0 Å². The van der Waals surface area contributed by atoms with E-state index in [2.05, 4.69) is 87.3 Å². The van der Waals surface area contributed by atoms with Crippen LogP contribution in [0.1, 0.15) is 0 Å². The molecule has 0 fully saturated rings. The molecule has 0 bridgehead atoms. The Morgan fingerprint density at radius 2 is 1.22 bits per heavy atom. The summed E-state index contributed by atoms with van der Waals surface area (Å²) >= 11 is 0. The largest absolute Gasteiger partial charge is 0.332 e. The maximum absolute atomic E-state index is 4.83. The van der Waals surface area contributed by atoms with Crippen molar-refractivity contribution in [3.63, 3.8) is 0 Å². The fraction of sp³-hybridized carbons (Fsp3) is 0. The van der Waals surface area contributed by atoms with Crippen LogP contribution in [0, 0.1) is 0 Å². The highest BCUT2D eigenvalue weighted by molar-refractivity contribution is 6.09.